The summed E-state index contributed by atoms with van der Waals surface area (Å²) in [5.41, 5.74) is 2.80. The summed E-state index contributed by atoms with van der Waals surface area (Å²) in [5, 5.41) is 3.33. The van der Waals surface area contributed by atoms with Gasteiger partial charge in [-0.05, 0) is 42.9 Å². The molecule has 0 saturated heterocycles. The second-order valence-electron chi connectivity index (χ2n) is 5.53. The maximum Gasteiger partial charge on any atom is 0.0591 e. The molecule has 0 atom stereocenters. The van der Waals surface area contributed by atoms with Crippen LogP contribution in [0.1, 0.15) is 38.3 Å². The Morgan fingerprint density at radius 3 is 2.32 bits per heavy atom. The van der Waals surface area contributed by atoms with E-state index in [2.05, 4.69) is 50.4 Å². The molecule has 0 fully saturated rings. The van der Waals surface area contributed by atoms with Crippen LogP contribution in [0.4, 0.5) is 0 Å². The van der Waals surface area contributed by atoms with Crippen LogP contribution in [-0.4, -0.2) is 26.3 Å². The van der Waals surface area contributed by atoms with E-state index < -0.39 is 0 Å². The molecule has 0 aliphatic rings. The van der Waals surface area contributed by atoms with Gasteiger partial charge < -0.3 is 10.1 Å². The van der Waals surface area contributed by atoms with E-state index in [4.69, 9.17) is 4.74 Å². The van der Waals surface area contributed by atoms with Crippen molar-refractivity contribution in [2.75, 3.05) is 26.3 Å². The van der Waals surface area contributed by atoms with Crippen LogP contribution in [0.5, 0.6) is 0 Å². The van der Waals surface area contributed by atoms with E-state index in [1.165, 1.54) is 24.0 Å². The fourth-order valence-corrected chi connectivity index (χ4v) is 2.05. The van der Waals surface area contributed by atoms with Gasteiger partial charge >= 0.3 is 0 Å². The highest BCUT2D eigenvalue weighted by atomic mass is 16.5. The van der Waals surface area contributed by atoms with Crippen LogP contribution >= 0.6 is 0 Å². The number of rotatable bonds is 10. The quantitative estimate of drug-likeness (QED) is 0.653. The van der Waals surface area contributed by atoms with Gasteiger partial charge in [-0.1, -0.05) is 45.0 Å². The third kappa shape index (κ3) is 8.02. The van der Waals surface area contributed by atoms with E-state index in [9.17, 15) is 0 Å². The van der Waals surface area contributed by atoms with Gasteiger partial charge in [0.15, 0.2) is 0 Å². The molecule has 2 nitrogen and oxygen atoms in total. The van der Waals surface area contributed by atoms with Gasteiger partial charge in [0.05, 0.1) is 13.2 Å². The lowest BCUT2D eigenvalue weighted by Gasteiger charge is -2.07. The maximum atomic E-state index is 5.62. The predicted molar refractivity (Wildman–Crippen MR) is 82.7 cm³/mol. The van der Waals surface area contributed by atoms with Crippen molar-refractivity contribution in [3.63, 3.8) is 0 Å². The first-order chi connectivity index (χ1) is 9.22. The van der Waals surface area contributed by atoms with E-state index in [0.29, 0.717) is 0 Å². The van der Waals surface area contributed by atoms with E-state index in [1.807, 2.05) is 0 Å². The van der Waals surface area contributed by atoms with Crippen molar-refractivity contribution in [2.45, 2.75) is 40.0 Å². The molecule has 19 heavy (non-hydrogen) atoms. The van der Waals surface area contributed by atoms with Gasteiger partial charge in [-0.3, -0.25) is 0 Å². The Kier molecular flexibility index (Phi) is 8.52. The SMILES string of the molecule is CCCNCCOCCc1ccc(CC(C)C)cc1. The van der Waals surface area contributed by atoms with Gasteiger partial charge in [-0.15, -0.1) is 0 Å². The van der Waals surface area contributed by atoms with E-state index in [-0.39, 0.29) is 0 Å². The molecule has 0 amide bonds. The molecule has 1 aromatic carbocycles. The summed E-state index contributed by atoms with van der Waals surface area (Å²) < 4.78 is 5.62. The molecule has 1 aromatic rings. The molecule has 0 heterocycles. The number of nitrogens with one attached hydrogen (secondary N) is 1. The minimum atomic E-state index is 0.727. The van der Waals surface area contributed by atoms with Crippen molar-refractivity contribution in [1.82, 2.24) is 5.32 Å². The summed E-state index contributed by atoms with van der Waals surface area (Å²) in [5.74, 6) is 0.727. The lowest BCUT2D eigenvalue weighted by Crippen LogP contribution is -2.20. The van der Waals surface area contributed by atoms with Crippen LogP contribution in [0, 0.1) is 5.92 Å². The van der Waals surface area contributed by atoms with Crippen LogP contribution in [-0.2, 0) is 17.6 Å². The monoisotopic (exact) mass is 263 g/mol. The highest BCUT2D eigenvalue weighted by Crippen LogP contribution is 2.10. The van der Waals surface area contributed by atoms with E-state index in [1.54, 1.807) is 0 Å². The first-order valence-corrected chi connectivity index (χ1v) is 7.58. The van der Waals surface area contributed by atoms with Crippen molar-refractivity contribution >= 4 is 0 Å². The average Bonchev–Trinajstić information content (AvgIpc) is 2.39. The minimum Gasteiger partial charge on any atom is -0.380 e. The lowest BCUT2D eigenvalue weighted by atomic mass is 10.0. The standard InChI is InChI=1S/C17H29NO/c1-4-10-18-11-13-19-12-9-16-5-7-17(8-6-16)14-15(2)3/h5-8,15,18H,4,9-14H2,1-3H3. The lowest BCUT2D eigenvalue weighted by molar-refractivity contribution is 0.139. The molecule has 0 aliphatic heterocycles. The normalized spacial score (nSPS) is 11.2. The first kappa shape index (κ1) is 16.2. The fourth-order valence-electron chi connectivity index (χ4n) is 2.05. The fraction of sp³-hybridized carbons (Fsp3) is 0.647. The van der Waals surface area contributed by atoms with Crippen LogP contribution in [0.15, 0.2) is 24.3 Å². The van der Waals surface area contributed by atoms with Crippen LogP contribution in [0.3, 0.4) is 0 Å². The molecule has 0 aromatic heterocycles. The molecular weight excluding hydrogens is 234 g/mol. The topological polar surface area (TPSA) is 21.3 Å². The van der Waals surface area contributed by atoms with Gasteiger partial charge in [-0.25, -0.2) is 0 Å². The van der Waals surface area contributed by atoms with Crippen molar-refractivity contribution in [1.29, 1.82) is 0 Å². The first-order valence-electron chi connectivity index (χ1n) is 7.58. The molecule has 0 unspecified atom stereocenters. The smallest absolute Gasteiger partial charge is 0.0591 e. The summed E-state index contributed by atoms with van der Waals surface area (Å²) in [4.78, 5) is 0. The second-order valence-corrected chi connectivity index (χ2v) is 5.53. The van der Waals surface area contributed by atoms with E-state index >= 15 is 0 Å². The Morgan fingerprint density at radius 1 is 1.00 bits per heavy atom. The number of benzene rings is 1. The summed E-state index contributed by atoms with van der Waals surface area (Å²) in [7, 11) is 0. The third-order valence-electron chi connectivity index (χ3n) is 3.05. The number of ether oxygens (including phenoxy) is 1. The number of hydrogen-bond acceptors (Lipinski definition) is 2. The number of hydrogen-bond donors (Lipinski definition) is 1. The molecule has 0 aliphatic carbocycles. The van der Waals surface area contributed by atoms with Crippen molar-refractivity contribution < 1.29 is 4.74 Å². The Labute approximate surface area is 118 Å². The zero-order valence-electron chi connectivity index (χ0n) is 12.7. The summed E-state index contributed by atoms with van der Waals surface area (Å²) in [6.07, 6.45) is 3.36. The third-order valence-corrected chi connectivity index (χ3v) is 3.05. The molecule has 0 spiro atoms. The molecule has 0 radical (unpaired) electrons. The minimum absolute atomic E-state index is 0.727. The predicted octanol–water partition coefficient (Wildman–Crippen LogP) is 3.44. The molecule has 0 saturated carbocycles. The van der Waals surface area contributed by atoms with Gasteiger partial charge in [-0.2, -0.15) is 0 Å². The van der Waals surface area contributed by atoms with Crippen molar-refractivity contribution in [2.24, 2.45) is 5.92 Å². The molecule has 2 heteroatoms. The molecule has 108 valence electrons. The summed E-state index contributed by atoms with van der Waals surface area (Å²) >= 11 is 0. The Balaban J connectivity index is 2.12. The Bertz CT molecular complexity index is 319. The largest absolute Gasteiger partial charge is 0.380 e. The van der Waals surface area contributed by atoms with Gasteiger partial charge in [0, 0.05) is 6.54 Å². The Hall–Kier alpha value is -0.860. The zero-order chi connectivity index (χ0) is 13.9. The molecule has 0 bridgehead atoms. The highest BCUT2D eigenvalue weighted by molar-refractivity contribution is 5.22. The van der Waals surface area contributed by atoms with Crippen LogP contribution in [0.25, 0.3) is 0 Å². The van der Waals surface area contributed by atoms with Crippen molar-refractivity contribution in [3.05, 3.63) is 35.4 Å². The summed E-state index contributed by atoms with van der Waals surface area (Å²) in [6.45, 7) is 10.4. The van der Waals surface area contributed by atoms with Gasteiger partial charge in [0.1, 0.15) is 0 Å². The molecular formula is C17H29NO. The van der Waals surface area contributed by atoms with Gasteiger partial charge in [0.25, 0.3) is 0 Å². The maximum absolute atomic E-state index is 5.62. The molecule has 1 rings (SSSR count). The Morgan fingerprint density at radius 2 is 1.68 bits per heavy atom. The average molecular weight is 263 g/mol. The van der Waals surface area contributed by atoms with Crippen LogP contribution in [0.2, 0.25) is 0 Å². The van der Waals surface area contributed by atoms with Gasteiger partial charge in [0.2, 0.25) is 0 Å². The zero-order valence-corrected chi connectivity index (χ0v) is 12.7. The highest BCUT2D eigenvalue weighted by Gasteiger charge is 1.98. The van der Waals surface area contributed by atoms with Crippen molar-refractivity contribution in [3.8, 4) is 0 Å². The van der Waals surface area contributed by atoms with E-state index in [0.717, 1.165) is 38.6 Å². The molecule has 1 N–H and O–H groups in total. The van der Waals surface area contributed by atoms with Crippen LogP contribution < -0.4 is 5.32 Å². The second kappa shape index (κ2) is 9.99. The summed E-state index contributed by atoms with van der Waals surface area (Å²) in [6, 6.07) is 8.96.